The van der Waals surface area contributed by atoms with E-state index in [0.717, 1.165) is 16.5 Å². The molecule has 3 amide bonds. The molecule has 3 aromatic rings. The van der Waals surface area contributed by atoms with Gasteiger partial charge in [0.25, 0.3) is 11.8 Å². The lowest BCUT2D eigenvalue weighted by Crippen LogP contribution is -2.46. The van der Waals surface area contributed by atoms with Gasteiger partial charge in [-0.05, 0) is 66.6 Å². The van der Waals surface area contributed by atoms with E-state index in [4.69, 9.17) is 9.47 Å². The molecule has 180 valence electrons. The van der Waals surface area contributed by atoms with E-state index in [2.05, 4.69) is 0 Å². The summed E-state index contributed by atoms with van der Waals surface area (Å²) in [5.74, 6) is -0.688. The predicted molar refractivity (Wildman–Crippen MR) is 128 cm³/mol. The van der Waals surface area contributed by atoms with Gasteiger partial charge in [-0.25, -0.2) is 9.29 Å². The lowest BCUT2D eigenvalue weighted by Gasteiger charge is -2.28. The van der Waals surface area contributed by atoms with Crippen LogP contribution in [0.1, 0.15) is 22.3 Å². The van der Waals surface area contributed by atoms with Crippen molar-refractivity contribution in [2.75, 3.05) is 25.7 Å². The number of halogens is 1. The molecule has 3 aromatic carbocycles. The highest BCUT2D eigenvalue weighted by Crippen LogP contribution is 2.28. The van der Waals surface area contributed by atoms with Crippen LogP contribution in [-0.4, -0.2) is 49.4 Å². The average molecular weight is 477 g/mol. The number of amides is 3. The second-order valence-electron chi connectivity index (χ2n) is 8.09. The van der Waals surface area contributed by atoms with E-state index in [-0.39, 0.29) is 18.5 Å². The molecule has 8 heteroatoms. The molecule has 1 atom stereocenters. The number of benzene rings is 3. The van der Waals surface area contributed by atoms with E-state index in [1.807, 2.05) is 24.3 Å². The van der Waals surface area contributed by atoms with Crippen molar-refractivity contribution in [3.63, 3.8) is 0 Å². The van der Waals surface area contributed by atoms with Crippen molar-refractivity contribution in [2.24, 2.45) is 0 Å². The Labute approximate surface area is 202 Å². The topological polar surface area (TPSA) is 76.2 Å². The fraction of sp³-hybridized carbons (Fsp3) is 0.222. The summed E-state index contributed by atoms with van der Waals surface area (Å²) >= 11 is 0. The van der Waals surface area contributed by atoms with Crippen LogP contribution in [0.5, 0.6) is 11.5 Å². The zero-order chi connectivity index (χ0) is 24.9. The third kappa shape index (κ3) is 5.16. The van der Waals surface area contributed by atoms with E-state index < -0.39 is 29.6 Å². The van der Waals surface area contributed by atoms with Crippen molar-refractivity contribution in [3.05, 3.63) is 89.7 Å². The average Bonchev–Trinajstić information content (AvgIpc) is 3.17. The summed E-state index contributed by atoms with van der Waals surface area (Å²) < 4.78 is 24.2. The van der Waals surface area contributed by atoms with Crippen LogP contribution in [0.4, 0.5) is 10.1 Å². The standard InChI is InChI=1S/C27H25FN2O5/c1-34-22-10-6-18(7-11-22)14-15-29(26(32)19-4-3-5-20(28)16-19)24-17-25(31)30(27(24)33)21-8-12-23(35-2)13-9-21/h3-13,16,24H,14-15,17H2,1-2H3/t24-/m0/s1. The summed E-state index contributed by atoms with van der Waals surface area (Å²) in [7, 11) is 3.10. The lowest BCUT2D eigenvalue weighted by molar-refractivity contribution is -0.122. The van der Waals surface area contributed by atoms with Crippen LogP contribution in [0.25, 0.3) is 0 Å². The summed E-state index contributed by atoms with van der Waals surface area (Å²) in [6, 6.07) is 18.2. The van der Waals surface area contributed by atoms with E-state index >= 15 is 0 Å². The zero-order valence-corrected chi connectivity index (χ0v) is 19.4. The number of methoxy groups -OCH3 is 2. The first-order chi connectivity index (χ1) is 16.9. The fourth-order valence-electron chi connectivity index (χ4n) is 4.09. The smallest absolute Gasteiger partial charge is 0.257 e. The highest BCUT2D eigenvalue weighted by Gasteiger charge is 2.44. The van der Waals surface area contributed by atoms with Crippen molar-refractivity contribution >= 4 is 23.4 Å². The van der Waals surface area contributed by atoms with Gasteiger partial charge in [-0.3, -0.25) is 14.4 Å². The summed E-state index contributed by atoms with van der Waals surface area (Å²) in [6.07, 6.45) is 0.278. The Hall–Kier alpha value is -4.20. The van der Waals surface area contributed by atoms with Crippen LogP contribution in [-0.2, 0) is 16.0 Å². The molecule has 4 rings (SSSR count). The Morgan fingerprint density at radius 3 is 2.20 bits per heavy atom. The molecule has 1 fully saturated rings. The van der Waals surface area contributed by atoms with Crippen LogP contribution in [0.2, 0.25) is 0 Å². The molecular formula is C27H25FN2O5. The van der Waals surface area contributed by atoms with Crippen LogP contribution >= 0.6 is 0 Å². The van der Waals surface area contributed by atoms with Gasteiger partial charge in [0, 0.05) is 12.1 Å². The number of imide groups is 1. The van der Waals surface area contributed by atoms with Crippen molar-refractivity contribution in [1.82, 2.24) is 4.90 Å². The summed E-state index contributed by atoms with van der Waals surface area (Å²) in [6.45, 7) is 0.168. The van der Waals surface area contributed by atoms with Gasteiger partial charge < -0.3 is 14.4 Å². The van der Waals surface area contributed by atoms with E-state index in [1.165, 1.54) is 30.2 Å². The minimum atomic E-state index is -1.00. The summed E-state index contributed by atoms with van der Waals surface area (Å²) in [5, 5.41) is 0. The lowest BCUT2D eigenvalue weighted by atomic mass is 10.1. The molecule has 0 bridgehead atoms. The predicted octanol–water partition coefficient (Wildman–Crippen LogP) is 3.86. The van der Waals surface area contributed by atoms with E-state index in [0.29, 0.717) is 23.6 Å². The molecule has 1 aliphatic rings. The van der Waals surface area contributed by atoms with Gasteiger partial charge in [-0.1, -0.05) is 18.2 Å². The van der Waals surface area contributed by atoms with Crippen molar-refractivity contribution in [2.45, 2.75) is 18.9 Å². The van der Waals surface area contributed by atoms with Gasteiger partial charge in [0.1, 0.15) is 23.4 Å². The van der Waals surface area contributed by atoms with Crippen LogP contribution < -0.4 is 14.4 Å². The Bertz CT molecular complexity index is 1230. The number of hydrogen-bond donors (Lipinski definition) is 0. The van der Waals surface area contributed by atoms with Gasteiger partial charge >= 0.3 is 0 Å². The molecular weight excluding hydrogens is 451 g/mol. The molecule has 7 nitrogen and oxygen atoms in total. The molecule has 1 heterocycles. The molecule has 1 aliphatic heterocycles. The van der Waals surface area contributed by atoms with Crippen LogP contribution in [0.3, 0.4) is 0 Å². The van der Waals surface area contributed by atoms with Gasteiger partial charge in [0.05, 0.1) is 26.3 Å². The highest BCUT2D eigenvalue weighted by atomic mass is 19.1. The molecule has 35 heavy (non-hydrogen) atoms. The zero-order valence-electron chi connectivity index (χ0n) is 19.4. The number of nitrogens with zero attached hydrogens (tertiary/aromatic N) is 2. The SMILES string of the molecule is COc1ccc(CCN(C(=O)c2cccc(F)c2)[C@H]2CC(=O)N(c3ccc(OC)cc3)C2=O)cc1. The first kappa shape index (κ1) is 23.9. The first-order valence-electron chi connectivity index (χ1n) is 11.1. The maximum Gasteiger partial charge on any atom is 0.257 e. The molecule has 0 unspecified atom stereocenters. The Morgan fingerprint density at radius 2 is 1.60 bits per heavy atom. The molecule has 0 aromatic heterocycles. The van der Waals surface area contributed by atoms with E-state index in [9.17, 15) is 18.8 Å². The number of hydrogen-bond acceptors (Lipinski definition) is 5. The van der Waals surface area contributed by atoms with Gasteiger partial charge in [-0.15, -0.1) is 0 Å². The van der Waals surface area contributed by atoms with Crippen molar-refractivity contribution in [1.29, 1.82) is 0 Å². The molecule has 0 saturated carbocycles. The third-order valence-electron chi connectivity index (χ3n) is 5.96. The van der Waals surface area contributed by atoms with Crippen molar-refractivity contribution < 1.29 is 28.2 Å². The van der Waals surface area contributed by atoms with Crippen molar-refractivity contribution in [3.8, 4) is 11.5 Å². The largest absolute Gasteiger partial charge is 0.497 e. The number of carbonyl (C=O) groups excluding carboxylic acids is 3. The Morgan fingerprint density at radius 1 is 0.971 bits per heavy atom. The number of ether oxygens (including phenoxy) is 2. The molecule has 0 aliphatic carbocycles. The number of carbonyl (C=O) groups is 3. The molecule has 0 N–H and O–H groups in total. The third-order valence-corrected chi connectivity index (χ3v) is 5.96. The minimum absolute atomic E-state index is 0.114. The van der Waals surface area contributed by atoms with Crippen LogP contribution in [0.15, 0.2) is 72.8 Å². The monoisotopic (exact) mass is 476 g/mol. The van der Waals surface area contributed by atoms with E-state index in [1.54, 1.807) is 31.4 Å². The summed E-state index contributed by atoms with van der Waals surface area (Å²) in [4.78, 5) is 42.1. The van der Waals surface area contributed by atoms with Crippen LogP contribution in [0, 0.1) is 5.82 Å². The minimum Gasteiger partial charge on any atom is -0.497 e. The maximum absolute atomic E-state index is 13.9. The number of rotatable bonds is 8. The quantitative estimate of drug-likeness (QED) is 0.462. The second-order valence-corrected chi connectivity index (χ2v) is 8.09. The maximum atomic E-state index is 13.9. The molecule has 0 spiro atoms. The Balaban J connectivity index is 1.61. The molecule has 1 saturated heterocycles. The first-order valence-corrected chi connectivity index (χ1v) is 11.1. The normalized spacial score (nSPS) is 15.3. The fourth-order valence-corrected chi connectivity index (χ4v) is 4.09. The second kappa shape index (κ2) is 10.4. The van der Waals surface area contributed by atoms with Gasteiger partial charge in [-0.2, -0.15) is 0 Å². The van der Waals surface area contributed by atoms with Gasteiger partial charge in [0.15, 0.2) is 0 Å². The highest BCUT2D eigenvalue weighted by molar-refractivity contribution is 6.23. The molecule has 0 radical (unpaired) electrons. The summed E-state index contributed by atoms with van der Waals surface area (Å²) in [5.41, 5.74) is 1.44. The van der Waals surface area contributed by atoms with Gasteiger partial charge in [0.2, 0.25) is 5.91 Å². The Kier molecular flexibility index (Phi) is 7.10. The number of anilines is 1.